The number of carbonyl (C=O) groups excluding carboxylic acids is 1. The molecule has 0 radical (unpaired) electrons. The number of amides is 1. The Kier molecular flexibility index (Phi) is 3.82. The third-order valence-electron chi connectivity index (χ3n) is 3.28. The smallest absolute Gasteiger partial charge is 0.342 e. The van der Waals surface area contributed by atoms with Crippen molar-refractivity contribution in [3.05, 3.63) is 18.0 Å². The first-order chi connectivity index (χ1) is 8.85. The maximum Gasteiger partial charge on any atom is 0.397 e. The predicted molar refractivity (Wildman–Crippen MR) is 62.4 cm³/mol. The lowest BCUT2D eigenvalue weighted by Gasteiger charge is -2.32. The number of piperidine rings is 1. The van der Waals surface area contributed by atoms with Crippen LogP contribution in [0.1, 0.15) is 30.9 Å². The Morgan fingerprint density at radius 3 is 2.84 bits per heavy atom. The fraction of sp³-hybridized carbons (Fsp3) is 0.667. The standard InChI is InChI=1S/C12H16F3N3O/c1-17-6-4-10(16-17)9-3-2-5-18(8-9)11(19)7-12(13,14)15/h4,6,9H,2-3,5,7-8H2,1H3/t9-/m1/s1. The molecule has 2 heterocycles. The van der Waals surface area contributed by atoms with Crippen LogP contribution in [0.15, 0.2) is 12.3 Å². The highest BCUT2D eigenvalue weighted by molar-refractivity contribution is 5.77. The van der Waals surface area contributed by atoms with Gasteiger partial charge in [0, 0.05) is 32.3 Å². The van der Waals surface area contributed by atoms with Crippen LogP contribution in [-0.4, -0.2) is 39.9 Å². The minimum absolute atomic E-state index is 0.0344. The van der Waals surface area contributed by atoms with Gasteiger partial charge in [0.1, 0.15) is 6.42 Å². The number of halogens is 3. The van der Waals surface area contributed by atoms with Crippen molar-refractivity contribution in [2.24, 2.45) is 7.05 Å². The molecule has 106 valence electrons. The van der Waals surface area contributed by atoms with Crippen molar-refractivity contribution in [2.45, 2.75) is 31.4 Å². The predicted octanol–water partition coefficient (Wildman–Crippen LogP) is 2.08. The van der Waals surface area contributed by atoms with Gasteiger partial charge in [0.15, 0.2) is 0 Å². The largest absolute Gasteiger partial charge is 0.397 e. The number of aryl methyl sites for hydroxylation is 1. The normalized spacial score (nSPS) is 20.6. The summed E-state index contributed by atoms with van der Waals surface area (Å²) in [6, 6.07) is 1.85. The molecule has 0 aliphatic carbocycles. The Bertz CT molecular complexity index is 455. The zero-order chi connectivity index (χ0) is 14.0. The summed E-state index contributed by atoms with van der Waals surface area (Å²) in [7, 11) is 1.79. The van der Waals surface area contributed by atoms with Gasteiger partial charge in [0.05, 0.1) is 5.69 Å². The minimum Gasteiger partial charge on any atom is -0.342 e. The first-order valence-electron chi connectivity index (χ1n) is 6.19. The molecule has 0 bridgehead atoms. The molecule has 0 unspecified atom stereocenters. The van der Waals surface area contributed by atoms with Gasteiger partial charge < -0.3 is 4.90 Å². The molecule has 0 aromatic carbocycles. The molecular weight excluding hydrogens is 259 g/mol. The number of hydrogen-bond acceptors (Lipinski definition) is 2. The van der Waals surface area contributed by atoms with Gasteiger partial charge in [-0.25, -0.2) is 0 Å². The van der Waals surface area contributed by atoms with Crippen LogP contribution in [0.2, 0.25) is 0 Å². The fourth-order valence-electron chi connectivity index (χ4n) is 2.38. The van der Waals surface area contributed by atoms with Crippen molar-refractivity contribution in [3.63, 3.8) is 0 Å². The molecule has 1 atom stereocenters. The summed E-state index contributed by atoms with van der Waals surface area (Å²) in [6.07, 6.45) is -2.44. The maximum atomic E-state index is 12.2. The van der Waals surface area contributed by atoms with Crippen LogP contribution < -0.4 is 0 Å². The number of hydrogen-bond donors (Lipinski definition) is 0. The van der Waals surface area contributed by atoms with Crippen molar-refractivity contribution in [1.82, 2.24) is 14.7 Å². The van der Waals surface area contributed by atoms with Crippen LogP contribution in [0.25, 0.3) is 0 Å². The van der Waals surface area contributed by atoms with Gasteiger partial charge in [-0.1, -0.05) is 0 Å². The lowest BCUT2D eigenvalue weighted by atomic mass is 9.95. The van der Waals surface area contributed by atoms with Gasteiger partial charge in [0.25, 0.3) is 0 Å². The van der Waals surface area contributed by atoms with Crippen LogP contribution in [0.5, 0.6) is 0 Å². The average molecular weight is 275 g/mol. The van der Waals surface area contributed by atoms with Crippen molar-refractivity contribution >= 4 is 5.91 Å². The van der Waals surface area contributed by atoms with E-state index in [4.69, 9.17) is 0 Å². The van der Waals surface area contributed by atoms with Crippen LogP contribution in [0.3, 0.4) is 0 Å². The summed E-state index contributed by atoms with van der Waals surface area (Å²) in [6.45, 7) is 0.726. The number of nitrogens with zero attached hydrogens (tertiary/aromatic N) is 3. The maximum absolute atomic E-state index is 12.2. The Balaban J connectivity index is 1.99. The lowest BCUT2D eigenvalue weighted by Crippen LogP contribution is -2.41. The highest BCUT2D eigenvalue weighted by Gasteiger charge is 2.35. The molecule has 0 saturated carbocycles. The van der Waals surface area contributed by atoms with Crippen LogP contribution in [-0.2, 0) is 11.8 Å². The van der Waals surface area contributed by atoms with Gasteiger partial charge in [0.2, 0.25) is 5.91 Å². The summed E-state index contributed by atoms with van der Waals surface area (Å²) in [5.74, 6) is -0.805. The van der Waals surface area contributed by atoms with E-state index in [1.54, 1.807) is 17.9 Å². The van der Waals surface area contributed by atoms with Crippen molar-refractivity contribution < 1.29 is 18.0 Å². The molecule has 1 saturated heterocycles. The van der Waals surface area contributed by atoms with E-state index in [9.17, 15) is 18.0 Å². The molecular formula is C12H16F3N3O. The molecule has 4 nitrogen and oxygen atoms in total. The third kappa shape index (κ3) is 3.71. The summed E-state index contributed by atoms with van der Waals surface area (Å²) in [5, 5.41) is 4.26. The highest BCUT2D eigenvalue weighted by atomic mass is 19.4. The third-order valence-corrected chi connectivity index (χ3v) is 3.28. The Labute approximate surface area is 109 Å². The molecule has 1 amide bonds. The van der Waals surface area contributed by atoms with Crippen molar-refractivity contribution in [3.8, 4) is 0 Å². The Hall–Kier alpha value is -1.53. The molecule has 1 aliphatic heterocycles. The lowest BCUT2D eigenvalue weighted by molar-refractivity contribution is -0.162. The molecule has 7 heteroatoms. The van der Waals surface area contributed by atoms with E-state index in [-0.39, 0.29) is 5.92 Å². The quantitative estimate of drug-likeness (QED) is 0.828. The van der Waals surface area contributed by atoms with Gasteiger partial charge >= 0.3 is 6.18 Å². The van der Waals surface area contributed by atoms with E-state index in [0.717, 1.165) is 12.1 Å². The van der Waals surface area contributed by atoms with Crippen LogP contribution in [0.4, 0.5) is 13.2 Å². The first-order valence-corrected chi connectivity index (χ1v) is 6.19. The van der Waals surface area contributed by atoms with E-state index in [2.05, 4.69) is 5.10 Å². The van der Waals surface area contributed by atoms with Gasteiger partial charge in [-0.05, 0) is 18.9 Å². The monoisotopic (exact) mass is 275 g/mol. The van der Waals surface area contributed by atoms with Crippen molar-refractivity contribution in [1.29, 1.82) is 0 Å². The number of likely N-dealkylation sites (tertiary alicyclic amines) is 1. The molecule has 1 aromatic heterocycles. The molecule has 1 aliphatic rings. The van der Waals surface area contributed by atoms with Crippen molar-refractivity contribution in [2.75, 3.05) is 13.1 Å². The number of alkyl halides is 3. The SMILES string of the molecule is Cn1ccc([C@@H]2CCCN(C(=O)CC(F)(F)F)C2)n1. The van der Waals surface area contributed by atoms with E-state index in [0.29, 0.717) is 19.5 Å². The summed E-state index contributed by atoms with van der Waals surface area (Å²) < 4.78 is 38.3. The molecule has 0 N–H and O–H groups in total. The average Bonchev–Trinajstić information content (AvgIpc) is 2.74. The Morgan fingerprint density at radius 2 is 2.26 bits per heavy atom. The molecule has 2 rings (SSSR count). The molecule has 19 heavy (non-hydrogen) atoms. The second kappa shape index (κ2) is 5.22. The zero-order valence-corrected chi connectivity index (χ0v) is 10.7. The van der Waals surface area contributed by atoms with E-state index >= 15 is 0 Å². The molecule has 1 aromatic rings. The highest BCUT2D eigenvalue weighted by Crippen LogP contribution is 2.28. The van der Waals surface area contributed by atoms with Crippen LogP contribution >= 0.6 is 0 Å². The Morgan fingerprint density at radius 1 is 1.53 bits per heavy atom. The zero-order valence-electron chi connectivity index (χ0n) is 10.7. The minimum atomic E-state index is -4.44. The van der Waals surface area contributed by atoms with Gasteiger partial charge in [-0.3, -0.25) is 9.48 Å². The summed E-state index contributed by atoms with van der Waals surface area (Å²) in [4.78, 5) is 12.9. The second-order valence-electron chi connectivity index (χ2n) is 4.89. The van der Waals surface area contributed by atoms with E-state index in [1.165, 1.54) is 4.90 Å². The van der Waals surface area contributed by atoms with E-state index in [1.807, 2.05) is 6.07 Å². The van der Waals surface area contributed by atoms with Gasteiger partial charge in [-0.2, -0.15) is 18.3 Å². The molecule has 0 spiro atoms. The fourth-order valence-corrected chi connectivity index (χ4v) is 2.38. The number of aromatic nitrogens is 2. The number of rotatable bonds is 2. The summed E-state index contributed by atoms with van der Waals surface area (Å²) >= 11 is 0. The number of carbonyl (C=O) groups is 1. The first kappa shape index (κ1) is 13.9. The second-order valence-corrected chi connectivity index (χ2v) is 4.89. The van der Waals surface area contributed by atoms with Gasteiger partial charge in [-0.15, -0.1) is 0 Å². The van der Waals surface area contributed by atoms with Crippen LogP contribution in [0, 0.1) is 0 Å². The van der Waals surface area contributed by atoms with E-state index < -0.39 is 18.5 Å². The topological polar surface area (TPSA) is 38.1 Å². The molecule has 1 fully saturated rings. The summed E-state index contributed by atoms with van der Waals surface area (Å²) in [5.41, 5.74) is 0.840.